The molecule has 2 aromatic rings. The summed E-state index contributed by atoms with van der Waals surface area (Å²) in [5, 5.41) is 4.04. The summed E-state index contributed by atoms with van der Waals surface area (Å²) in [6.45, 7) is 8.63. The van der Waals surface area contributed by atoms with Crippen LogP contribution in [0.4, 0.5) is 13.2 Å². The molecule has 0 saturated carbocycles. The van der Waals surface area contributed by atoms with E-state index in [1.165, 1.54) is 30.6 Å². The fraction of sp³-hybridized carbons (Fsp3) is 0.476. The molecule has 0 amide bonds. The van der Waals surface area contributed by atoms with Crippen molar-refractivity contribution in [1.29, 1.82) is 0 Å². The van der Waals surface area contributed by atoms with E-state index >= 15 is 0 Å². The fourth-order valence-electron chi connectivity index (χ4n) is 3.19. The lowest BCUT2D eigenvalue weighted by atomic mass is 10.1. The third-order valence-corrected chi connectivity index (χ3v) is 5.03. The molecule has 1 aromatic heterocycles. The van der Waals surface area contributed by atoms with Gasteiger partial charge in [0, 0.05) is 13.1 Å². The Morgan fingerprint density at radius 3 is 2.39 bits per heavy atom. The van der Waals surface area contributed by atoms with Crippen LogP contribution in [0.5, 0.6) is 17.5 Å². The number of ether oxygens (including phenoxy) is 2. The first-order valence-corrected chi connectivity index (χ1v) is 10.0. The van der Waals surface area contributed by atoms with E-state index in [4.69, 9.17) is 9.57 Å². The molecule has 0 bridgehead atoms. The predicted molar refractivity (Wildman–Crippen MR) is 108 cm³/mol. The molecule has 0 unspecified atom stereocenters. The van der Waals surface area contributed by atoms with Gasteiger partial charge in [0.25, 0.3) is 5.88 Å². The van der Waals surface area contributed by atoms with Crippen LogP contribution in [0, 0.1) is 6.92 Å². The number of nitrogens with zero attached hydrogens (tertiary/aromatic N) is 4. The summed E-state index contributed by atoms with van der Waals surface area (Å²) in [5.41, 5.74) is 1.68. The molecule has 1 fully saturated rings. The van der Waals surface area contributed by atoms with Crippen LogP contribution in [-0.2, 0) is 0 Å². The highest BCUT2D eigenvalue weighted by molar-refractivity contribution is 5.98. The second-order valence-electron chi connectivity index (χ2n) is 7.20. The van der Waals surface area contributed by atoms with Gasteiger partial charge in [-0.15, -0.1) is 13.2 Å². The summed E-state index contributed by atoms with van der Waals surface area (Å²) in [6, 6.07) is 5.36. The molecule has 0 spiro atoms. The van der Waals surface area contributed by atoms with Crippen molar-refractivity contribution in [2.24, 2.45) is 5.16 Å². The lowest BCUT2D eigenvalue weighted by Gasteiger charge is -2.31. The standard InChI is InChI=1S/C21H25F3N4O3/c1-4-28-11-9-17(10-12-28)29-19-14(2)20(26-13-25-19)31-27-15(3)16-5-7-18(8-6-16)30-21(22,23)24/h5-8,13,17H,4,9-12H2,1-3H3. The van der Waals surface area contributed by atoms with Gasteiger partial charge >= 0.3 is 6.36 Å². The van der Waals surface area contributed by atoms with E-state index in [1.807, 2.05) is 0 Å². The zero-order valence-corrected chi connectivity index (χ0v) is 17.6. The van der Waals surface area contributed by atoms with Crippen molar-refractivity contribution in [2.45, 2.75) is 46.1 Å². The Morgan fingerprint density at radius 1 is 1.13 bits per heavy atom. The van der Waals surface area contributed by atoms with Crippen LogP contribution >= 0.6 is 0 Å². The van der Waals surface area contributed by atoms with E-state index in [-0.39, 0.29) is 17.7 Å². The Labute approximate surface area is 178 Å². The molecule has 31 heavy (non-hydrogen) atoms. The molecular formula is C21H25F3N4O3. The second kappa shape index (κ2) is 9.95. The molecule has 1 saturated heterocycles. The molecule has 7 nitrogen and oxygen atoms in total. The summed E-state index contributed by atoms with van der Waals surface area (Å²) in [7, 11) is 0. The summed E-state index contributed by atoms with van der Waals surface area (Å²) in [4.78, 5) is 16.2. The topological polar surface area (TPSA) is 69.1 Å². The number of hydrogen-bond acceptors (Lipinski definition) is 7. The molecule has 0 aliphatic carbocycles. The highest BCUT2D eigenvalue weighted by Crippen LogP contribution is 2.26. The minimum absolute atomic E-state index is 0.0897. The number of piperidine rings is 1. The third kappa shape index (κ3) is 6.55. The molecule has 0 N–H and O–H groups in total. The molecular weight excluding hydrogens is 413 g/mol. The minimum Gasteiger partial charge on any atom is -0.474 e. The van der Waals surface area contributed by atoms with Gasteiger partial charge in [0.05, 0.1) is 11.3 Å². The van der Waals surface area contributed by atoms with Crippen molar-refractivity contribution >= 4 is 5.71 Å². The average molecular weight is 438 g/mol. The van der Waals surface area contributed by atoms with Crippen LogP contribution in [0.3, 0.4) is 0 Å². The second-order valence-corrected chi connectivity index (χ2v) is 7.20. The van der Waals surface area contributed by atoms with Crippen molar-refractivity contribution in [1.82, 2.24) is 14.9 Å². The molecule has 1 aliphatic rings. The van der Waals surface area contributed by atoms with Crippen LogP contribution < -0.4 is 14.3 Å². The van der Waals surface area contributed by atoms with Gasteiger partial charge in [-0.2, -0.15) is 4.98 Å². The number of likely N-dealkylation sites (tertiary alicyclic amines) is 1. The Bertz CT molecular complexity index is 896. The first-order chi connectivity index (χ1) is 14.7. The molecule has 0 atom stereocenters. The maximum Gasteiger partial charge on any atom is 0.573 e. The lowest BCUT2D eigenvalue weighted by Crippen LogP contribution is -2.38. The molecule has 3 rings (SSSR count). The van der Waals surface area contributed by atoms with Crippen LogP contribution in [-0.4, -0.2) is 52.7 Å². The van der Waals surface area contributed by atoms with Crippen molar-refractivity contribution in [2.75, 3.05) is 19.6 Å². The highest BCUT2D eigenvalue weighted by atomic mass is 19.4. The first kappa shape index (κ1) is 22.8. The summed E-state index contributed by atoms with van der Waals surface area (Å²) in [6.07, 6.45) is -1.43. The first-order valence-electron chi connectivity index (χ1n) is 10.0. The van der Waals surface area contributed by atoms with E-state index in [2.05, 4.69) is 31.7 Å². The zero-order valence-electron chi connectivity index (χ0n) is 17.6. The van der Waals surface area contributed by atoms with Crippen LogP contribution in [0.15, 0.2) is 35.7 Å². The van der Waals surface area contributed by atoms with E-state index in [0.29, 0.717) is 22.7 Å². The number of hydrogen-bond donors (Lipinski definition) is 0. The lowest BCUT2D eigenvalue weighted by molar-refractivity contribution is -0.274. The maximum atomic E-state index is 12.3. The van der Waals surface area contributed by atoms with E-state index in [0.717, 1.165) is 32.5 Å². The molecule has 168 valence electrons. The normalized spacial score (nSPS) is 16.3. The van der Waals surface area contributed by atoms with E-state index in [1.54, 1.807) is 13.8 Å². The Balaban J connectivity index is 1.63. The van der Waals surface area contributed by atoms with Crippen LogP contribution in [0.1, 0.15) is 37.8 Å². The highest BCUT2D eigenvalue weighted by Gasteiger charge is 2.31. The van der Waals surface area contributed by atoms with Gasteiger partial charge in [-0.3, -0.25) is 0 Å². The van der Waals surface area contributed by atoms with Crippen LogP contribution in [0.25, 0.3) is 0 Å². The minimum atomic E-state index is -4.73. The number of oxime groups is 1. The van der Waals surface area contributed by atoms with Gasteiger partial charge in [-0.05, 0) is 63.1 Å². The van der Waals surface area contributed by atoms with Crippen molar-refractivity contribution in [3.63, 3.8) is 0 Å². The van der Waals surface area contributed by atoms with Gasteiger partial charge in [-0.1, -0.05) is 12.1 Å². The molecule has 1 aliphatic heterocycles. The Morgan fingerprint density at radius 2 is 1.77 bits per heavy atom. The number of aromatic nitrogens is 2. The molecule has 0 radical (unpaired) electrons. The number of alkyl halides is 3. The molecule has 2 heterocycles. The summed E-state index contributed by atoms with van der Waals surface area (Å²) >= 11 is 0. The largest absolute Gasteiger partial charge is 0.573 e. The summed E-state index contributed by atoms with van der Waals surface area (Å²) < 4.78 is 46.7. The van der Waals surface area contributed by atoms with Crippen LogP contribution in [0.2, 0.25) is 0 Å². The number of halogens is 3. The van der Waals surface area contributed by atoms with Crippen molar-refractivity contribution < 1.29 is 27.5 Å². The Hall–Kier alpha value is -2.88. The van der Waals surface area contributed by atoms with Crippen molar-refractivity contribution in [3.8, 4) is 17.5 Å². The van der Waals surface area contributed by atoms with Crippen molar-refractivity contribution in [3.05, 3.63) is 41.7 Å². The fourth-order valence-corrected chi connectivity index (χ4v) is 3.19. The maximum absolute atomic E-state index is 12.3. The van der Waals surface area contributed by atoms with Gasteiger partial charge < -0.3 is 19.2 Å². The van der Waals surface area contributed by atoms with Gasteiger partial charge in [-0.25, -0.2) is 4.98 Å². The monoisotopic (exact) mass is 438 g/mol. The SMILES string of the molecule is CCN1CCC(Oc2ncnc(ON=C(C)c3ccc(OC(F)(F)F)cc3)c2C)CC1. The predicted octanol–water partition coefficient (Wildman–Crippen LogP) is 4.35. The third-order valence-electron chi connectivity index (χ3n) is 5.03. The van der Waals surface area contributed by atoms with E-state index < -0.39 is 6.36 Å². The van der Waals surface area contributed by atoms with E-state index in [9.17, 15) is 13.2 Å². The summed E-state index contributed by atoms with van der Waals surface area (Å²) in [5.74, 6) is 0.414. The smallest absolute Gasteiger partial charge is 0.474 e. The molecule has 1 aromatic carbocycles. The molecule has 10 heteroatoms. The zero-order chi connectivity index (χ0) is 22.4. The van der Waals surface area contributed by atoms with Gasteiger partial charge in [0.2, 0.25) is 5.88 Å². The average Bonchev–Trinajstić information content (AvgIpc) is 2.74. The number of rotatable bonds is 7. The number of benzene rings is 1. The Kier molecular flexibility index (Phi) is 7.32. The van der Waals surface area contributed by atoms with Gasteiger partial charge in [0.1, 0.15) is 18.2 Å². The van der Waals surface area contributed by atoms with Gasteiger partial charge in [0.15, 0.2) is 0 Å². The quantitative estimate of drug-likeness (QED) is 0.473.